The van der Waals surface area contributed by atoms with Gasteiger partial charge >= 0.3 is 5.97 Å². The van der Waals surface area contributed by atoms with Crippen molar-refractivity contribution in [3.63, 3.8) is 0 Å². The number of aromatic amines is 1. The molecule has 88 valence electrons. The quantitative estimate of drug-likeness (QED) is 0.849. The molecule has 17 heavy (non-hydrogen) atoms. The Labute approximate surface area is 103 Å². The van der Waals surface area contributed by atoms with E-state index >= 15 is 0 Å². The van der Waals surface area contributed by atoms with Crippen LogP contribution in [0.3, 0.4) is 0 Å². The lowest BCUT2D eigenvalue weighted by atomic mass is 10.1. The van der Waals surface area contributed by atoms with E-state index in [-0.39, 0.29) is 5.39 Å². The van der Waals surface area contributed by atoms with Crippen molar-refractivity contribution >= 4 is 32.8 Å². The number of H-pyrrole nitrogens is 1. The number of aromatic nitrogens is 1. The van der Waals surface area contributed by atoms with Crippen molar-refractivity contribution in [1.82, 2.24) is 4.98 Å². The van der Waals surface area contributed by atoms with Crippen LogP contribution in [0.15, 0.2) is 21.4 Å². The molecule has 0 amide bonds. The smallest absolute Gasteiger partial charge is 0.339 e. The summed E-state index contributed by atoms with van der Waals surface area (Å²) < 4.78 is 14.1. The fraction of sp³-hybridized carbons (Fsp3) is 0.0909. The van der Waals surface area contributed by atoms with E-state index in [1.165, 1.54) is 6.07 Å². The van der Waals surface area contributed by atoms with Gasteiger partial charge in [-0.15, -0.1) is 0 Å². The van der Waals surface area contributed by atoms with Gasteiger partial charge in [0, 0.05) is 9.86 Å². The molecule has 0 aliphatic rings. The Morgan fingerprint density at radius 3 is 2.71 bits per heavy atom. The third kappa shape index (κ3) is 1.84. The van der Waals surface area contributed by atoms with Crippen LogP contribution in [0.25, 0.3) is 10.9 Å². The van der Waals surface area contributed by atoms with Crippen LogP contribution < -0.4 is 5.56 Å². The van der Waals surface area contributed by atoms with Gasteiger partial charge in [0.2, 0.25) is 5.82 Å². The monoisotopic (exact) mass is 299 g/mol. The molecule has 0 unspecified atom stereocenters. The highest BCUT2D eigenvalue weighted by Crippen LogP contribution is 2.25. The van der Waals surface area contributed by atoms with Gasteiger partial charge in [0.1, 0.15) is 5.56 Å². The molecule has 0 aliphatic carbocycles. The molecule has 4 nitrogen and oxygen atoms in total. The van der Waals surface area contributed by atoms with E-state index in [0.29, 0.717) is 15.6 Å². The maximum absolute atomic E-state index is 13.5. The molecule has 0 bridgehead atoms. The van der Waals surface area contributed by atoms with Gasteiger partial charge < -0.3 is 10.1 Å². The van der Waals surface area contributed by atoms with E-state index in [4.69, 9.17) is 5.11 Å². The highest BCUT2D eigenvalue weighted by molar-refractivity contribution is 9.10. The number of hydrogen-bond donors (Lipinski definition) is 2. The summed E-state index contributed by atoms with van der Waals surface area (Å²) in [5.74, 6) is -2.74. The van der Waals surface area contributed by atoms with Gasteiger partial charge in [0.25, 0.3) is 5.56 Å². The number of aryl methyl sites for hydroxylation is 1. The molecule has 1 aromatic heterocycles. The number of carboxylic acids is 1. The molecular formula is C11H7BrFNO3. The van der Waals surface area contributed by atoms with E-state index in [1.54, 1.807) is 13.0 Å². The molecule has 0 aliphatic heterocycles. The Morgan fingerprint density at radius 2 is 2.12 bits per heavy atom. The number of rotatable bonds is 1. The molecule has 6 heteroatoms. The largest absolute Gasteiger partial charge is 0.478 e. The lowest BCUT2D eigenvalue weighted by Gasteiger charge is -2.07. The fourth-order valence-electron chi connectivity index (χ4n) is 1.72. The Hall–Kier alpha value is -1.69. The lowest BCUT2D eigenvalue weighted by Crippen LogP contribution is -2.17. The van der Waals surface area contributed by atoms with Crippen LogP contribution >= 0.6 is 15.9 Å². The zero-order chi connectivity index (χ0) is 12.7. The molecule has 0 saturated carbocycles. The Balaban J connectivity index is 3.09. The number of aromatic carboxylic acids is 1. The van der Waals surface area contributed by atoms with Crippen LogP contribution in [0.2, 0.25) is 0 Å². The molecule has 0 saturated heterocycles. The van der Waals surface area contributed by atoms with E-state index in [0.717, 1.165) is 0 Å². The topological polar surface area (TPSA) is 70.2 Å². The van der Waals surface area contributed by atoms with Crippen molar-refractivity contribution in [1.29, 1.82) is 0 Å². The van der Waals surface area contributed by atoms with Gasteiger partial charge in [0.05, 0.1) is 5.52 Å². The molecule has 2 N–H and O–H groups in total. The summed E-state index contributed by atoms with van der Waals surface area (Å²) in [6, 6.07) is 3.17. The second-order valence-electron chi connectivity index (χ2n) is 3.59. The molecule has 0 atom stereocenters. The third-order valence-corrected chi connectivity index (χ3v) is 2.90. The predicted molar refractivity (Wildman–Crippen MR) is 63.9 cm³/mol. The van der Waals surface area contributed by atoms with Crippen LogP contribution in [0, 0.1) is 12.7 Å². The number of carboxylic acid groups (broad SMARTS) is 1. The van der Waals surface area contributed by atoms with Crippen molar-refractivity contribution in [3.8, 4) is 0 Å². The van der Waals surface area contributed by atoms with Crippen LogP contribution in [0.5, 0.6) is 0 Å². The highest BCUT2D eigenvalue weighted by Gasteiger charge is 2.19. The number of hydrogen-bond acceptors (Lipinski definition) is 2. The summed E-state index contributed by atoms with van der Waals surface area (Å²) in [7, 11) is 0. The van der Waals surface area contributed by atoms with Crippen LogP contribution in [-0.2, 0) is 0 Å². The van der Waals surface area contributed by atoms with Gasteiger partial charge in [-0.1, -0.05) is 15.9 Å². The summed E-state index contributed by atoms with van der Waals surface area (Å²) in [6.45, 7) is 1.70. The molecule has 1 aromatic carbocycles. The predicted octanol–water partition coefficient (Wildman–Crippen LogP) is 2.44. The fourth-order valence-corrected chi connectivity index (χ4v) is 2.29. The summed E-state index contributed by atoms with van der Waals surface area (Å²) >= 11 is 3.20. The van der Waals surface area contributed by atoms with E-state index < -0.39 is 22.9 Å². The second-order valence-corrected chi connectivity index (χ2v) is 4.51. The zero-order valence-corrected chi connectivity index (χ0v) is 10.3. The maximum Gasteiger partial charge on any atom is 0.339 e. The van der Waals surface area contributed by atoms with Crippen LogP contribution in [-0.4, -0.2) is 16.1 Å². The van der Waals surface area contributed by atoms with Crippen molar-refractivity contribution in [3.05, 3.63) is 43.9 Å². The Morgan fingerprint density at radius 1 is 1.47 bits per heavy atom. The average molecular weight is 300 g/mol. The minimum Gasteiger partial charge on any atom is -0.478 e. The molecule has 0 fully saturated rings. The SMILES string of the molecule is Cc1cc(Br)cc2c(C(=O)O)c(F)c(=O)[nH]c12. The molecule has 2 rings (SSSR count). The van der Waals surface area contributed by atoms with E-state index in [1.807, 2.05) is 0 Å². The van der Waals surface area contributed by atoms with Gasteiger partial charge in [-0.2, -0.15) is 4.39 Å². The standard InChI is InChI=1S/C11H7BrFNO3/c1-4-2-5(12)3-6-7(11(16)17)8(13)10(15)14-9(4)6/h2-3H,1H3,(H,14,15)(H,16,17). The molecular weight excluding hydrogens is 293 g/mol. The van der Waals surface area contributed by atoms with Crippen LogP contribution in [0.1, 0.15) is 15.9 Å². The Kier molecular flexibility index (Phi) is 2.74. The second kappa shape index (κ2) is 3.96. The minimum atomic E-state index is -1.46. The number of carbonyl (C=O) groups is 1. The number of halogens is 2. The van der Waals surface area contributed by atoms with Crippen LogP contribution in [0.4, 0.5) is 4.39 Å². The van der Waals surface area contributed by atoms with Gasteiger partial charge in [0.15, 0.2) is 0 Å². The highest BCUT2D eigenvalue weighted by atomic mass is 79.9. The summed E-state index contributed by atoms with van der Waals surface area (Å²) in [6.07, 6.45) is 0. The number of pyridine rings is 1. The van der Waals surface area contributed by atoms with Crippen molar-refractivity contribution in [2.24, 2.45) is 0 Å². The third-order valence-electron chi connectivity index (χ3n) is 2.44. The first-order valence-corrected chi connectivity index (χ1v) is 5.46. The lowest BCUT2D eigenvalue weighted by molar-refractivity contribution is 0.0694. The Bertz CT molecular complexity index is 693. The number of fused-ring (bicyclic) bond motifs is 1. The van der Waals surface area contributed by atoms with Gasteiger partial charge in [-0.3, -0.25) is 4.79 Å². The van der Waals surface area contributed by atoms with Gasteiger partial charge in [-0.05, 0) is 24.6 Å². The first-order valence-electron chi connectivity index (χ1n) is 4.66. The first kappa shape index (κ1) is 11.8. The molecule has 0 spiro atoms. The summed E-state index contributed by atoms with van der Waals surface area (Å²) in [5, 5.41) is 9.13. The van der Waals surface area contributed by atoms with Crippen molar-refractivity contribution in [2.45, 2.75) is 6.92 Å². The van der Waals surface area contributed by atoms with Crippen molar-refractivity contribution < 1.29 is 14.3 Å². The van der Waals surface area contributed by atoms with E-state index in [9.17, 15) is 14.0 Å². The zero-order valence-electron chi connectivity index (χ0n) is 8.67. The number of nitrogens with one attached hydrogen (secondary N) is 1. The molecule has 2 aromatic rings. The van der Waals surface area contributed by atoms with E-state index in [2.05, 4.69) is 20.9 Å². The molecule has 1 heterocycles. The van der Waals surface area contributed by atoms with Gasteiger partial charge in [-0.25, -0.2) is 4.79 Å². The maximum atomic E-state index is 13.5. The molecule has 0 radical (unpaired) electrons. The first-order chi connectivity index (χ1) is 7.91. The summed E-state index contributed by atoms with van der Waals surface area (Å²) in [4.78, 5) is 24.6. The number of benzene rings is 1. The van der Waals surface area contributed by atoms with Crippen molar-refractivity contribution in [2.75, 3.05) is 0 Å². The normalized spacial score (nSPS) is 10.8. The summed E-state index contributed by atoms with van der Waals surface area (Å²) in [5.41, 5.74) is -0.639. The average Bonchev–Trinajstić information content (AvgIpc) is 2.20. The minimum absolute atomic E-state index is 0.168.